The van der Waals surface area contributed by atoms with Crippen LogP contribution in [0.15, 0.2) is 27.4 Å². The van der Waals surface area contributed by atoms with Crippen molar-refractivity contribution in [1.82, 2.24) is 0 Å². The first-order chi connectivity index (χ1) is 6.68. The summed E-state index contributed by atoms with van der Waals surface area (Å²) in [6, 6.07) is 6.30. The highest BCUT2D eigenvalue weighted by atomic mass is 79.9. The molecule has 0 aliphatic rings. The monoisotopic (exact) mass is 323 g/mol. The lowest BCUT2D eigenvalue weighted by atomic mass is 10.2. The molecular weight excluding hydrogens is 314 g/mol. The van der Waals surface area contributed by atoms with Gasteiger partial charge < -0.3 is 5.73 Å². The third-order valence-electron chi connectivity index (χ3n) is 2.03. The van der Waals surface area contributed by atoms with Gasteiger partial charge in [0.25, 0.3) is 0 Å². The van der Waals surface area contributed by atoms with E-state index in [4.69, 9.17) is 5.73 Å². The molecule has 2 N–H and O–H groups in total. The van der Waals surface area contributed by atoms with E-state index in [2.05, 4.69) is 40.4 Å². The van der Waals surface area contributed by atoms with Gasteiger partial charge in [0, 0.05) is 9.75 Å². The minimum Gasteiger partial charge on any atom is -0.319 e. The predicted octanol–water partition coefficient (Wildman–Crippen LogP) is 4.35. The van der Waals surface area contributed by atoms with E-state index in [-0.39, 0.29) is 18.4 Å². The Kier molecular flexibility index (Phi) is 4.80. The molecule has 0 radical (unpaired) electrons. The van der Waals surface area contributed by atoms with Gasteiger partial charge in [-0.25, -0.2) is 0 Å². The van der Waals surface area contributed by atoms with Crippen molar-refractivity contribution in [3.63, 3.8) is 0 Å². The quantitative estimate of drug-likeness (QED) is 0.873. The molecule has 2 rings (SSSR count). The van der Waals surface area contributed by atoms with Crippen LogP contribution in [-0.4, -0.2) is 0 Å². The molecule has 0 saturated carbocycles. The van der Waals surface area contributed by atoms with Gasteiger partial charge in [0.1, 0.15) is 0 Å². The molecule has 0 aliphatic heterocycles. The summed E-state index contributed by atoms with van der Waals surface area (Å²) in [6.45, 7) is 2.09. The van der Waals surface area contributed by atoms with Crippen LogP contribution in [0.5, 0.6) is 0 Å². The highest BCUT2D eigenvalue weighted by Crippen LogP contribution is 2.34. The van der Waals surface area contributed by atoms with Crippen molar-refractivity contribution >= 4 is 51.0 Å². The standard InChI is InChI=1S/C10H10BrNS2.ClH/c1-6-5-8(14-10(6)11)9(12)7-3-2-4-13-7;/h2-5,9H,12H2,1H3;1H/t9-;/m1./s1. The second-order valence-electron chi connectivity index (χ2n) is 3.10. The molecule has 0 bridgehead atoms. The van der Waals surface area contributed by atoms with E-state index < -0.39 is 0 Å². The summed E-state index contributed by atoms with van der Waals surface area (Å²) in [5, 5.41) is 2.06. The average molecular weight is 325 g/mol. The van der Waals surface area contributed by atoms with Gasteiger partial charge in [-0.1, -0.05) is 6.07 Å². The lowest BCUT2D eigenvalue weighted by molar-refractivity contribution is 0.916. The second kappa shape index (κ2) is 5.46. The highest BCUT2D eigenvalue weighted by Gasteiger charge is 2.13. The lowest BCUT2D eigenvalue weighted by Crippen LogP contribution is -2.07. The summed E-state index contributed by atoms with van der Waals surface area (Å²) in [6.07, 6.45) is 0. The van der Waals surface area contributed by atoms with Gasteiger partial charge in [-0.05, 0) is 45.9 Å². The van der Waals surface area contributed by atoms with E-state index in [1.54, 1.807) is 22.7 Å². The molecule has 1 atom stereocenters. The second-order valence-corrected chi connectivity index (χ2v) is 6.48. The number of rotatable bonds is 2. The minimum absolute atomic E-state index is 0. The van der Waals surface area contributed by atoms with Gasteiger partial charge >= 0.3 is 0 Å². The molecule has 2 heterocycles. The zero-order valence-corrected chi connectivity index (χ0v) is 12.1. The van der Waals surface area contributed by atoms with Crippen LogP contribution in [0.1, 0.15) is 21.4 Å². The first-order valence-corrected chi connectivity index (χ1v) is 6.72. The van der Waals surface area contributed by atoms with Crippen molar-refractivity contribution in [2.75, 3.05) is 0 Å². The van der Waals surface area contributed by atoms with Crippen molar-refractivity contribution in [1.29, 1.82) is 0 Å². The predicted molar refractivity (Wildman–Crippen MR) is 74.4 cm³/mol. The molecule has 0 unspecified atom stereocenters. The van der Waals surface area contributed by atoms with Crippen LogP contribution in [0.4, 0.5) is 0 Å². The maximum Gasteiger partial charge on any atom is 0.0740 e. The average Bonchev–Trinajstić information content (AvgIpc) is 2.76. The largest absolute Gasteiger partial charge is 0.319 e. The Morgan fingerprint density at radius 3 is 2.60 bits per heavy atom. The van der Waals surface area contributed by atoms with Gasteiger partial charge in [-0.3, -0.25) is 0 Å². The van der Waals surface area contributed by atoms with E-state index in [0.717, 1.165) is 0 Å². The van der Waals surface area contributed by atoms with Crippen LogP contribution in [0, 0.1) is 6.92 Å². The minimum atomic E-state index is 0. The van der Waals surface area contributed by atoms with Crippen LogP contribution in [0.2, 0.25) is 0 Å². The van der Waals surface area contributed by atoms with Crippen LogP contribution in [0.3, 0.4) is 0 Å². The number of halogens is 2. The van der Waals surface area contributed by atoms with E-state index >= 15 is 0 Å². The normalized spacial score (nSPS) is 12.2. The van der Waals surface area contributed by atoms with Gasteiger partial charge in [-0.15, -0.1) is 35.1 Å². The lowest BCUT2D eigenvalue weighted by Gasteiger charge is -2.05. The number of hydrogen-bond donors (Lipinski definition) is 1. The molecule has 2 aromatic heterocycles. The Morgan fingerprint density at radius 2 is 2.13 bits per heavy atom. The van der Waals surface area contributed by atoms with Gasteiger partial charge in [-0.2, -0.15) is 0 Å². The Labute approximate surface area is 112 Å². The Hall–Kier alpha value is 0.130. The molecule has 0 aliphatic carbocycles. The Balaban J connectivity index is 0.00000112. The summed E-state index contributed by atoms with van der Waals surface area (Å²) >= 11 is 6.94. The molecule has 0 spiro atoms. The van der Waals surface area contributed by atoms with Crippen LogP contribution < -0.4 is 5.73 Å². The fourth-order valence-electron chi connectivity index (χ4n) is 1.25. The van der Waals surface area contributed by atoms with Crippen molar-refractivity contribution in [3.05, 3.63) is 42.7 Å². The third kappa shape index (κ3) is 2.82. The summed E-state index contributed by atoms with van der Waals surface area (Å²) in [4.78, 5) is 2.44. The molecule has 1 nitrogen and oxygen atoms in total. The maximum absolute atomic E-state index is 6.14. The van der Waals surface area contributed by atoms with E-state index in [1.165, 1.54) is 19.1 Å². The summed E-state index contributed by atoms with van der Waals surface area (Å²) in [5.41, 5.74) is 7.40. The number of aryl methyl sites for hydroxylation is 1. The molecular formula is C10H11BrClNS2. The van der Waals surface area contributed by atoms with E-state index in [0.29, 0.717) is 0 Å². The summed E-state index contributed by atoms with van der Waals surface area (Å²) < 4.78 is 1.18. The fourth-order valence-corrected chi connectivity index (χ4v) is 3.66. The molecule has 0 amide bonds. The smallest absolute Gasteiger partial charge is 0.0740 e. The van der Waals surface area contributed by atoms with E-state index in [1.807, 2.05) is 6.07 Å². The van der Waals surface area contributed by atoms with Gasteiger partial charge in [0.2, 0.25) is 0 Å². The SMILES string of the molecule is Cc1cc([C@H](N)c2cccs2)sc1Br.Cl. The maximum atomic E-state index is 6.14. The van der Waals surface area contributed by atoms with Gasteiger partial charge in [0.05, 0.1) is 9.83 Å². The van der Waals surface area contributed by atoms with Crippen molar-refractivity contribution in [3.8, 4) is 0 Å². The van der Waals surface area contributed by atoms with E-state index in [9.17, 15) is 0 Å². The zero-order valence-electron chi connectivity index (χ0n) is 8.07. The Morgan fingerprint density at radius 1 is 1.40 bits per heavy atom. The van der Waals surface area contributed by atoms with Crippen molar-refractivity contribution < 1.29 is 0 Å². The first-order valence-electron chi connectivity index (χ1n) is 4.23. The molecule has 0 fully saturated rings. The van der Waals surface area contributed by atoms with Crippen molar-refractivity contribution in [2.45, 2.75) is 13.0 Å². The highest BCUT2D eigenvalue weighted by molar-refractivity contribution is 9.11. The summed E-state index contributed by atoms with van der Waals surface area (Å²) in [5.74, 6) is 0. The zero-order chi connectivity index (χ0) is 10.1. The number of thiophene rings is 2. The third-order valence-corrected chi connectivity index (χ3v) is 5.21. The fraction of sp³-hybridized carbons (Fsp3) is 0.200. The summed E-state index contributed by atoms with van der Waals surface area (Å²) in [7, 11) is 0. The van der Waals surface area contributed by atoms with Crippen molar-refractivity contribution in [2.24, 2.45) is 5.73 Å². The van der Waals surface area contributed by atoms with Crippen LogP contribution >= 0.6 is 51.0 Å². The molecule has 2 aromatic rings. The molecule has 0 saturated heterocycles. The number of hydrogen-bond acceptors (Lipinski definition) is 3. The number of nitrogens with two attached hydrogens (primary N) is 1. The molecule has 82 valence electrons. The Bertz CT molecular complexity index is 405. The molecule has 5 heteroatoms. The van der Waals surface area contributed by atoms with Crippen LogP contribution in [-0.2, 0) is 0 Å². The topological polar surface area (TPSA) is 26.0 Å². The van der Waals surface area contributed by atoms with Gasteiger partial charge in [0.15, 0.2) is 0 Å². The molecule has 15 heavy (non-hydrogen) atoms. The van der Waals surface area contributed by atoms with Crippen LogP contribution in [0.25, 0.3) is 0 Å². The molecule has 0 aromatic carbocycles. The first kappa shape index (κ1) is 13.2.